The maximum Gasteiger partial charge on any atom is 0.407 e. The van der Waals surface area contributed by atoms with Gasteiger partial charge < -0.3 is 25.6 Å². The standard InChI is InChI=1S/C24H28N2O6/c27-14-6-5-13-25-23(30)21(11-12-22(28)29)26-24(31)32-15-20-18-9-3-1-7-16(18)17-8-2-4-10-19(17)20/h1-4,7-10,20-21,27H,5-6,11-15H2,(H,25,30)(H,26,31)(H,28,29). The molecule has 2 aromatic carbocycles. The monoisotopic (exact) mass is 440 g/mol. The Morgan fingerprint density at radius 1 is 0.969 bits per heavy atom. The van der Waals surface area contributed by atoms with Crippen LogP contribution < -0.4 is 10.6 Å². The van der Waals surface area contributed by atoms with Crippen LogP contribution in [0.3, 0.4) is 0 Å². The fourth-order valence-corrected chi connectivity index (χ4v) is 3.89. The molecule has 0 bridgehead atoms. The van der Waals surface area contributed by atoms with Gasteiger partial charge in [-0.2, -0.15) is 0 Å². The average molecular weight is 440 g/mol. The van der Waals surface area contributed by atoms with E-state index >= 15 is 0 Å². The van der Waals surface area contributed by atoms with Crippen molar-refractivity contribution in [3.05, 3.63) is 59.7 Å². The summed E-state index contributed by atoms with van der Waals surface area (Å²) in [5.74, 6) is -1.65. The predicted molar refractivity (Wildman–Crippen MR) is 118 cm³/mol. The fraction of sp³-hybridized carbons (Fsp3) is 0.375. The molecule has 8 heteroatoms. The molecule has 32 heavy (non-hydrogen) atoms. The van der Waals surface area contributed by atoms with E-state index in [2.05, 4.69) is 10.6 Å². The van der Waals surface area contributed by atoms with E-state index in [0.29, 0.717) is 19.4 Å². The quantitative estimate of drug-likeness (QED) is 0.398. The van der Waals surface area contributed by atoms with Crippen LogP contribution in [-0.4, -0.2) is 54.0 Å². The first-order valence-electron chi connectivity index (χ1n) is 10.7. The minimum atomic E-state index is -1.06. The summed E-state index contributed by atoms with van der Waals surface area (Å²) >= 11 is 0. The van der Waals surface area contributed by atoms with Crippen molar-refractivity contribution < 1.29 is 29.3 Å². The molecule has 8 nitrogen and oxygen atoms in total. The molecule has 1 unspecified atom stereocenters. The smallest absolute Gasteiger partial charge is 0.407 e. The van der Waals surface area contributed by atoms with Crippen LogP contribution in [0.15, 0.2) is 48.5 Å². The molecule has 170 valence electrons. The molecule has 3 rings (SSSR count). The zero-order valence-corrected chi connectivity index (χ0v) is 17.8. The molecule has 0 spiro atoms. The molecule has 0 saturated heterocycles. The molecule has 1 aliphatic carbocycles. The van der Waals surface area contributed by atoms with Gasteiger partial charge in [0.2, 0.25) is 5.91 Å². The first kappa shape index (κ1) is 23.3. The van der Waals surface area contributed by atoms with E-state index in [1.807, 2.05) is 48.5 Å². The molecule has 0 heterocycles. The number of carbonyl (C=O) groups is 3. The van der Waals surface area contributed by atoms with Crippen LogP contribution in [0, 0.1) is 0 Å². The predicted octanol–water partition coefficient (Wildman–Crippen LogP) is 2.65. The first-order chi connectivity index (χ1) is 15.5. The third-order valence-corrected chi connectivity index (χ3v) is 5.48. The number of hydrogen-bond acceptors (Lipinski definition) is 5. The Morgan fingerprint density at radius 3 is 2.19 bits per heavy atom. The Balaban J connectivity index is 1.61. The number of aliphatic hydroxyl groups excluding tert-OH is 1. The van der Waals surface area contributed by atoms with E-state index in [1.54, 1.807) is 0 Å². The average Bonchev–Trinajstić information content (AvgIpc) is 3.11. The van der Waals surface area contributed by atoms with Crippen LogP contribution >= 0.6 is 0 Å². The summed E-state index contributed by atoms with van der Waals surface area (Å²) in [5.41, 5.74) is 4.37. The van der Waals surface area contributed by atoms with Crippen molar-refractivity contribution in [2.45, 2.75) is 37.6 Å². The number of fused-ring (bicyclic) bond motifs is 3. The molecule has 4 N–H and O–H groups in total. The summed E-state index contributed by atoms with van der Waals surface area (Å²) in [6.45, 7) is 0.454. The van der Waals surface area contributed by atoms with Crippen LogP contribution in [0.25, 0.3) is 11.1 Å². The van der Waals surface area contributed by atoms with Gasteiger partial charge in [0.25, 0.3) is 0 Å². The number of aliphatic hydroxyl groups is 1. The van der Waals surface area contributed by atoms with Crippen molar-refractivity contribution in [3.8, 4) is 11.1 Å². The molecular formula is C24H28N2O6. The third kappa shape index (κ3) is 5.85. The molecular weight excluding hydrogens is 412 g/mol. The highest BCUT2D eigenvalue weighted by Gasteiger charge is 2.29. The van der Waals surface area contributed by atoms with E-state index in [0.717, 1.165) is 22.3 Å². The molecule has 0 aromatic heterocycles. The first-order valence-corrected chi connectivity index (χ1v) is 10.7. The van der Waals surface area contributed by atoms with Gasteiger partial charge in [-0.05, 0) is 41.5 Å². The van der Waals surface area contributed by atoms with Gasteiger partial charge in [0.05, 0.1) is 0 Å². The minimum Gasteiger partial charge on any atom is -0.481 e. The lowest BCUT2D eigenvalue weighted by Crippen LogP contribution is -2.47. The Kier molecular flexibility index (Phi) is 8.21. The van der Waals surface area contributed by atoms with Gasteiger partial charge in [0, 0.05) is 25.5 Å². The summed E-state index contributed by atoms with van der Waals surface area (Å²) in [6, 6.07) is 14.9. The second-order valence-corrected chi connectivity index (χ2v) is 7.68. The maximum atomic E-state index is 12.5. The number of unbranched alkanes of at least 4 members (excludes halogenated alkanes) is 1. The highest BCUT2D eigenvalue weighted by molar-refractivity contribution is 5.86. The van der Waals surface area contributed by atoms with Gasteiger partial charge in [-0.15, -0.1) is 0 Å². The Morgan fingerprint density at radius 2 is 1.59 bits per heavy atom. The summed E-state index contributed by atoms with van der Waals surface area (Å²) < 4.78 is 5.46. The molecule has 0 fully saturated rings. The van der Waals surface area contributed by atoms with E-state index in [9.17, 15) is 14.4 Å². The van der Waals surface area contributed by atoms with E-state index < -0.39 is 24.0 Å². The van der Waals surface area contributed by atoms with Crippen molar-refractivity contribution >= 4 is 18.0 Å². The maximum absolute atomic E-state index is 12.5. The van der Waals surface area contributed by atoms with Gasteiger partial charge in [-0.1, -0.05) is 48.5 Å². The molecule has 0 radical (unpaired) electrons. The summed E-state index contributed by atoms with van der Waals surface area (Å²) in [5, 5.41) is 22.9. The number of benzene rings is 2. The molecule has 2 amide bonds. The largest absolute Gasteiger partial charge is 0.481 e. The number of rotatable bonds is 11. The van der Waals surface area contributed by atoms with Crippen LogP contribution in [0.1, 0.15) is 42.7 Å². The molecule has 1 aliphatic rings. The molecule has 2 aromatic rings. The number of aliphatic carboxylic acids is 1. The fourth-order valence-electron chi connectivity index (χ4n) is 3.89. The number of amides is 2. The van der Waals surface area contributed by atoms with Crippen LogP contribution in [0.5, 0.6) is 0 Å². The van der Waals surface area contributed by atoms with Crippen molar-refractivity contribution in [3.63, 3.8) is 0 Å². The number of hydrogen-bond donors (Lipinski definition) is 4. The highest BCUT2D eigenvalue weighted by Crippen LogP contribution is 2.44. The SMILES string of the molecule is O=C(O)CCC(NC(=O)OCC1c2ccccc2-c2ccccc21)C(=O)NCCCCO. The Hall–Kier alpha value is -3.39. The second kappa shape index (κ2) is 11.3. The number of carbonyl (C=O) groups excluding carboxylic acids is 2. The lowest BCUT2D eigenvalue weighted by Gasteiger charge is -2.19. The lowest BCUT2D eigenvalue weighted by atomic mass is 9.98. The van der Waals surface area contributed by atoms with Crippen LogP contribution in [0.4, 0.5) is 4.79 Å². The van der Waals surface area contributed by atoms with Crippen LogP contribution in [0.2, 0.25) is 0 Å². The summed E-state index contributed by atoms with van der Waals surface area (Å²) in [4.78, 5) is 35.8. The second-order valence-electron chi connectivity index (χ2n) is 7.68. The minimum absolute atomic E-state index is 0.0241. The van der Waals surface area contributed by atoms with Gasteiger partial charge in [0.1, 0.15) is 12.6 Å². The molecule has 0 aliphatic heterocycles. The van der Waals surface area contributed by atoms with Crippen LogP contribution in [-0.2, 0) is 14.3 Å². The Labute approximate surface area is 186 Å². The van der Waals surface area contributed by atoms with E-state index in [1.165, 1.54) is 0 Å². The van der Waals surface area contributed by atoms with Crippen molar-refractivity contribution in [1.82, 2.24) is 10.6 Å². The topological polar surface area (TPSA) is 125 Å². The van der Waals surface area contributed by atoms with Gasteiger partial charge in [0.15, 0.2) is 0 Å². The number of ether oxygens (including phenoxy) is 1. The highest BCUT2D eigenvalue weighted by atomic mass is 16.5. The Bertz CT molecular complexity index is 916. The van der Waals surface area contributed by atoms with Gasteiger partial charge in [-0.3, -0.25) is 9.59 Å². The normalized spacial score (nSPS) is 13.0. The lowest BCUT2D eigenvalue weighted by molar-refractivity contribution is -0.137. The van der Waals surface area contributed by atoms with Crippen molar-refractivity contribution in [2.75, 3.05) is 19.8 Å². The number of alkyl carbamates (subject to hydrolysis) is 1. The number of carboxylic acid groups (broad SMARTS) is 1. The van der Waals surface area contributed by atoms with Gasteiger partial charge >= 0.3 is 12.1 Å². The zero-order valence-electron chi connectivity index (χ0n) is 17.8. The third-order valence-electron chi connectivity index (χ3n) is 5.48. The number of nitrogens with one attached hydrogen (secondary N) is 2. The summed E-state index contributed by atoms with van der Waals surface area (Å²) in [7, 11) is 0. The van der Waals surface area contributed by atoms with E-state index in [-0.39, 0.29) is 32.0 Å². The molecule has 1 atom stereocenters. The van der Waals surface area contributed by atoms with Crippen molar-refractivity contribution in [2.24, 2.45) is 0 Å². The van der Waals surface area contributed by atoms with E-state index in [4.69, 9.17) is 14.9 Å². The van der Waals surface area contributed by atoms with Gasteiger partial charge in [-0.25, -0.2) is 4.79 Å². The number of carboxylic acids is 1. The van der Waals surface area contributed by atoms with Crippen molar-refractivity contribution in [1.29, 1.82) is 0 Å². The summed E-state index contributed by atoms with van der Waals surface area (Å²) in [6.07, 6.45) is 0.0374. The zero-order chi connectivity index (χ0) is 22.9. The molecule has 0 saturated carbocycles.